The lowest BCUT2D eigenvalue weighted by Crippen LogP contribution is -2.40. The molecule has 2 heterocycles. The SMILES string of the molecule is CCOC(=O)C1=C(C)N=c2s/c(=C\c3cc(I)cc(OC)c3OCc3cccc(Cl)c3)c(=O)n2[C@@H]1c1ccccc1OC(C)C. The number of aromatic nitrogens is 1. The number of ether oxygens (including phenoxy) is 4. The van der Waals surface area contributed by atoms with E-state index in [0.717, 1.165) is 9.13 Å². The molecular formula is C34H32ClIN2O6S. The van der Waals surface area contributed by atoms with Gasteiger partial charge in [-0.2, -0.15) is 0 Å². The van der Waals surface area contributed by atoms with Crippen LogP contribution < -0.4 is 29.1 Å². The third kappa shape index (κ3) is 7.13. The molecule has 8 nitrogen and oxygen atoms in total. The van der Waals surface area contributed by atoms with Crippen LogP contribution in [-0.4, -0.2) is 30.4 Å². The number of rotatable bonds is 10. The van der Waals surface area contributed by atoms with Gasteiger partial charge in [0.2, 0.25) is 0 Å². The molecule has 0 spiro atoms. The maximum atomic E-state index is 14.3. The lowest BCUT2D eigenvalue weighted by molar-refractivity contribution is -0.139. The second kappa shape index (κ2) is 14.2. The predicted molar refractivity (Wildman–Crippen MR) is 184 cm³/mol. The van der Waals surface area contributed by atoms with E-state index in [2.05, 4.69) is 22.6 Å². The van der Waals surface area contributed by atoms with Crippen molar-refractivity contribution in [2.75, 3.05) is 13.7 Å². The Hall–Kier alpha value is -3.61. The average molecular weight is 759 g/mol. The number of carbonyl (C=O) groups excluding carboxylic acids is 1. The van der Waals surface area contributed by atoms with Crippen molar-refractivity contribution in [3.05, 3.63) is 117 Å². The summed E-state index contributed by atoms with van der Waals surface area (Å²) in [5.41, 5.74) is 2.67. The zero-order chi connectivity index (χ0) is 32.2. The normalized spacial score (nSPS) is 14.7. The highest BCUT2D eigenvalue weighted by Crippen LogP contribution is 2.37. The molecule has 234 valence electrons. The van der Waals surface area contributed by atoms with Crippen molar-refractivity contribution in [2.24, 2.45) is 4.99 Å². The van der Waals surface area contributed by atoms with Gasteiger partial charge in [-0.1, -0.05) is 53.3 Å². The number of allylic oxidation sites excluding steroid dienone is 1. The number of hydrogen-bond donors (Lipinski definition) is 0. The van der Waals surface area contributed by atoms with Gasteiger partial charge in [-0.3, -0.25) is 9.36 Å². The number of hydrogen-bond acceptors (Lipinski definition) is 8. The van der Waals surface area contributed by atoms with Gasteiger partial charge in [0.15, 0.2) is 16.3 Å². The first-order valence-electron chi connectivity index (χ1n) is 14.3. The lowest BCUT2D eigenvalue weighted by Gasteiger charge is -2.26. The van der Waals surface area contributed by atoms with E-state index in [0.29, 0.717) is 48.4 Å². The van der Waals surface area contributed by atoms with Gasteiger partial charge in [-0.25, -0.2) is 9.79 Å². The summed E-state index contributed by atoms with van der Waals surface area (Å²) in [5, 5.41) is 0.611. The summed E-state index contributed by atoms with van der Waals surface area (Å²) in [6, 6.07) is 17.8. The molecule has 1 aliphatic rings. The van der Waals surface area contributed by atoms with Gasteiger partial charge in [0.05, 0.1) is 35.6 Å². The Morgan fingerprint density at radius 3 is 2.62 bits per heavy atom. The van der Waals surface area contributed by atoms with Crippen molar-refractivity contribution in [3.8, 4) is 17.2 Å². The molecule has 1 aromatic heterocycles. The van der Waals surface area contributed by atoms with Crippen molar-refractivity contribution in [1.82, 2.24) is 4.57 Å². The molecule has 0 saturated carbocycles. The van der Waals surface area contributed by atoms with Crippen LogP contribution in [0.25, 0.3) is 6.08 Å². The molecule has 0 saturated heterocycles. The molecule has 0 radical (unpaired) electrons. The summed E-state index contributed by atoms with van der Waals surface area (Å²) < 4.78 is 26.4. The van der Waals surface area contributed by atoms with Crippen LogP contribution in [0.5, 0.6) is 17.2 Å². The van der Waals surface area contributed by atoms with Crippen molar-refractivity contribution < 1.29 is 23.7 Å². The van der Waals surface area contributed by atoms with Crippen LogP contribution in [0.15, 0.2) is 81.7 Å². The molecule has 1 atom stereocenters. The number of para-hydroxylation sites is 1. The van der Waals surface area contributed by atoms with Gasteiger partial charge < -0.3 is 18.9 Å². The average Bonchev–Trinajstić information content (AvgIpc) is 3.29. The highest BCUT2D eigenvalue weighted by atomic mass is 127. The summed E-state index contributed by atoms with van der Waals surface area (Å²) in [6.45, 7) is 7.79. The van der Waals surface area contributed by atoms with E-state index in [1.165, 1.54) is 11.3 Å². The minimum absolute atomic E-state index is 0.126. The Labute approximate surface area is 283 Å². The molecule has 11 heteroatoms. The summed E-state index contributed by atoms with van der Waals surface area (Å²) >= 11 is 9.63. The topological polar surface area (TPSA) is 88.4 Å². The second-order valence-corrected chi connectivity index (χ2v) is 13.1. The first-order chi connectivity index (χ1) is 21.6. The molecule has 0 fully saturated rings. The van der Waals surface area contributed by atoms with Gasteiger partial charge in [0, 0.05) is 19.7 Å². The second-order valence-electron chi connectivity index (χ2n) is 10.5. The van der Waals surface area contributed by atoms with Crippen LogP contribution >= 0.6 is 45.5 Å². The molecule has 45 heavy (non-hydrogen) atoms. The fourth-order valence-corrected chi connectivity index (χ4v) is 6.95. The molecule has 0 unspecified atom stereocenters. The fraction of sp³-hybridized carbons (Fsp3) is 0.265. The number of thiazole rings is 1. The number of fused-ring (bicyclic) bond motifs is 1. The van der Waals surface area contributed by atoms with Crippen molar-refractivity contribution in [1.29, 1.82) is 0 Å². The van der Waals surface area contributed by atoms with Crippen LogP contribution in [0, 0.1) is 3.57 Å². The van der Waals surface area contributed by atoms with Crippen molar-refractivity contribution in [2.45, 2.75) is 46.4 Å². The Morgan fingerprint density at radius 2 is 1.91 bits per heavy atom. The highest BCUT2D eigenvalue weighted by molar-refractivity contribution is 14.1. The number of benzene rings is 3. The van der Waals surface area contributed by atoms with E-state index < -0.39 is 12.0 Å². The van der Waals surface area contributed by atoms with E-state index in [9.17, 15) is 9.59 Å². The number of methoxy groups -OCH3 is 1. The fourth-order valence-electron chi connectivity index (χ4n) is 5.08. The number of carbonyl (C=O) groups is 1. The summed E-state index contributed by atoms with van der Waals surface area (Å²) in [7, 11) is 1.58. The number of esters is 1. The smallest absolute Gasteiger partial charge is 0.338 e. The van der Waals surface area contributed by atoms with Crippen molar-refractivity contribution >= 4 is 57.6 Å². The van der Waals surface area contributed by atoms with Crippen LogP contribution in [0.2, 0.25) is 5.02 Å². The van der Waals surface area contributed by atoms with E-state index >= 15 is 0 Å². The van der Waals surface area contributed by atoms with Crippen molar-refractivity contribution in [3.63, 3.8) is 0 Å². The van der Waals surface area contributed by atoms with Crippen LogP contribution in [0.1, 0.15) is 50.4 Å². The largest absolute Gasteiger partial charge is 0.493 e. The monoisotopic (exact) mass is 758 g/mol. The first kappa shape index (κ1) is 32.8. The Morgan fingerprint density at radius 1 is 1.13 bits per heavy atom. The zero-order valence-electron chi connectivity index (χ0n) is 25.4. The molecule has 0 N–H and O–H groups in total. The molecule has 1 aliphatic heterocycles. The van der Waals surface area contributed by atoms with E-state index in [1.807, 2.05) is 68.4 Å². The first-order valence-corrected chi connectivity index (χ1v) is 16.6. The number of nitrogens with zero attached hydrogens (tertiary/aromatic N) is 2. The standard InChI is InChI=1S/C34H32ClIN2O6S/c1-6-42-33(40)29-20(4)37-34-38(30(29)25-12-7-8-13-26(25)44-19(2)3)32(39)28(45-34)16-22-15-24(36)17-27(41-5)31(22)43-18-21-10-9-11-23(35)14-21/h7-17,19,30H,6,18H2,1-5H3/b28-16-/t30-/m1/s1. The highest BCUT2D eigenvalue weighted by Gasteiger charge is 2.35. The van der Waals surface area contributed by atoms with E-state index in [4.69, 9.17) is 35.5 Å². The maximum Gasteiger partial charge on any atom is 0.338 e. The molecule has 3 aromatic carbocycles. The molecule has 5 rings (SSSR count). The van der Waals surface area contributed by atoms with Crippen LogP contribution in [0.3, 0.4) is 0 Å². The molecule has 0 aliphatic carbocycles. The van der Waals surface area contributed by atoms with Gasteiger partial charge in [0.25, 0.3) is 5.56 Å². The van der Waals surface area contributed by atoms with Crippen LogP contribution in [-0.2, 0) is 16.1 Å². The van der Waals surface area contributed by atoms with Gasteiger partial charge >= 0.3 is 5.97 Å². The third-order valence-electron chi connectivity index (χ3n) is 6.92. The van der Waals surface area contributed by atoms with Gasteiger partial charge in [-0.05, 0) is 92.3 Å². The molecule has 4 aromatic rings. The van der Waals surface area contributed by atoms with E-state index in [-0.39, 0.29) is 30.5 Å². The van der Waals surface area contributed by atoms with E-state index in [1.54, 1.807) is 37.7 Å². The lowest BCUT2D eigenvalue weighted by atomic mass is 9.95. The molecule has 0 amide bonds. The predicted octanol–water partition coefficient (Wildman–Crippen LogP) is 6.43. The molecular weight excluding hydrogens is 727 g/mol. The number of halogens is 2. The Kier molecular flexibility index (Phi) is 10.4. The summed E-state index contributed by atoms with van der Waals surface area (Å²) in [5.74, 6) is 1.06. The maximum absolute atomic E-state index is 14.3. The minimum atomic E-state index is -0.804. The third-order valence-corrected chi connectivity index (χ3v) is 8.76. The minimum Gasteiger partial charge on any atom is -0.493 e. The quantitative estimate of drug-likeness (QED) is 0.137. The Balaban J connectivity index is 1.69. The van der Waals surface area contributed by atoms with Gasteiger partial charge in [-0.15, -0.1) is 0 Å². The van der Waals surface area contributed by atoms with Crippen LogP contribution in [0.4, 0.5) is 0 Å². The Bertz CT molecular complexity index is 1970. The van der Waals surface area contributed by atoms with Gasteiger partial charge in [0.1, 0.15) is 18.4 Å². The zero-order valence-corrected chi connectivity index (χ0v) is 29.2. The summed E-state index contributed by atoms with van der Waals surface area (Å²) in [6.07, 6.45) is 1.65. The molecule has 0 bridgehead atoms. The summed E-state index contributed by atoms with van der Waals surface area (Å²) in [4.78, 5) is 32.8.